The summed E-state index contributed by atoms with van der Waals surface area (Å²) in [4.78, 5) is 1.41. The van der Waals surface area contributed by atoms with Gasteiger partial charge in [0.15, 0.2) is 0 Å². The normalized spacial score (nSPS) is 10.7. The van der Waals surface area contributed by atoms with Crippen LogP contribution < -0.4 is 5.32 Å². The molecule has 1 nitrogen and oxygen atoms in total. The monoisotopic (exact) mass is 279 g/mol. The van der Waals surface area contributed by atoms with Crippen molar-refractivity contribution in [3.05, 3.63) is 59.2 Å². The second-order valence-corrected chi connectivity index (χ2v) is 5.40. The molecule has 100 valence electrons. The summed E-state index contributed by atoms with van der Waals surface area (Å²) in [6, 6.07) is 9.68. The van der Waals surface area contributed by atoms with Crippen molar-refractivity contribution in [2.45, 2.75) is 23.3 Å². The molecule has 0 saturated heterocycles. The predicted octanol–water partition coefficient (Wildman–Crippen LogP) is 4.14. The zero-order valence-corrected chi connectivity index (χ0v) is 11.7. The van der Waals surface area contributed by atoms with Crippen LogP contribution in [0.1, 0.15) is 11.1 Å². The minimum Gasteiger partial charge on any atom is -0.316 e. The molecular weight excluding hydrogens is 264 g/mol. The minimum atomic E-state index is -0.554. The van der Waals surface area contributed by atoms with E-state index in [-0.39, 0.29) is 0 Å². The third-order valence-electron chi connectivity index (χ3n) is 2.70. The summed E-state index contributed by atoms with van der Waals surface area (Å²) in [5.41, 5.74) is 2.27. The van der Waals surface area contributed by atoms with E-state index in [1.54, 1.807) is 0 Å². The smallest absolute Gasteiger partial charge is 0.140 e. The van der Waals surface area contributed by atoms with E-state index in [1.165, 1.54) is 23.9 Å². The second-order valence-electron chi connectivity index (χ2n) is 4.32. The Bertz CT molecular complexity index is 584. The number of hydrogen-bond acceptors (Lipinski definition) is 2. The fourth-order valence-electron chi connectivity index (χ4n) is 1.81. The van der Waals surface area contributed by atoms with Crippen molar-refractivity contribution in [1.82, 2.24) is 5.32 Å². The van der Waals surface area contributed by atoms with Gasteiger partial charge in [-0.2, -0.15) is 0 Å². The van der Waals surface area contributed by atoms with E-state index in [0.717, 1.165) is 22.1 Å². The standard InChI is InChI=1S/C15H15F2NS/c1-10-3-5-14(11(7-10)9-18-2)19-15-6-4-12(16)8-13(15)17/h3-8,18H,9H2,1-2H3. The molecule has 0 aliphatic heterocycles. The van der Waals surface area contributed by atoms with E-state index in [1.807, 2.05) is 26.1 Å². The van der Waals surface area contributed by atoms with Gasteiger partial charge in [-0.25, -0.2) is 8.78 Å². The van der Waals surface area contributed by atoms with E-state index < -0.39 is 11.6 Å². The Hall–Kier alpha value is -1.39. The topological polar surface area (TPSA) is 12.0 Å². The average Bonchev–Trinajstić information content (AvgIpc) is 2.36. The van der Waals surface area contributed by atoms with Crippen LogP contribution >= 0.6 is 11.8 Å². The summed E-state index contributed by atoms with van der Waals surface area (Å²) in [6.45, 7) is 2.74. The Balaban J connectivity index is 2.32. The lowest BCUT2D eigenvalue weighted by Gasteiger charge is -2.10. The lowest BCUT2D eigenvalue weighted by atomic mass is 10.1. The molecule has 0 fully saturated rings. The van der Waals surface area contributed by atoms with Gasteiger partial charge in [0.25, 0.3) is 0 Å². The number of benzene rings is 2. The highest BCUT2D eigenvalue weighted by Crippen LogP contribution is 2.33. The first-order valence-corrected chi connectivity index (χ1v) is 6.79. The molecule has 0 bridgehead atoms. The Morgan fingerprint density at radius 1 is 1.05 bits per heavy atom. The van der Waals surface area contributed by atoms with Gasteiger partial charge in [0.1, 0.15) is 11.6 Å². The van der Waals surface area contributed by atoms with Gasteiger partial charge >= 0.3 is 0 Å². The lowest BCUT2D eigenvalue weighted by molar-refractivity contribution is 0.565. The van der Waals surface area contributed by atoms with E-state index in [0.29, 0.717) is 11.4 Å². The maximum atomic E-state index is 13.7. The molecule has 0 unspecified atom stereocenters. The average molecular weight is 279 g/mol. The van der Waals surface area contributed by atoms with E-state index in [4.69, 9.17) is 0 Å². The lowest BCUT2D eigenvalue weighted by Crippen LogP contribution is -2.06. The van der Waals surface area contributed by atoms with Crippen LogP contribution in [-0.4, -0.2) is 7.05 Å². The van der Waals surface area contributed by atoms with Gasteiger partial charge in [-0.1, -0.05) is 29.5 Å². The molecule has 4 heteroatoms. The van der Waals surface area contributed by atoms with Crippen LogP contribution in [0.4, 0.5) is 8.78 Å². The molecule has 0 aliphatic rings. The van der Waals surface area contributed by atoms with Crippen molar-refractivity contribution < 1.29 is 8.78 Å². The quantitative estimate of drug-likeness (QED) is 0.902. The van der Waals surface area contributed by atoms with Crippen LogP contribution in [0.3, 0.4) is 0 Å². The molecule has 2 rings (SSSR count). The molecule has 1 N–H and O–H groups in total. The maximum Gasteiger partial charge on any atom is 0.140 e. The van der Waals surface area contributed by atoms with Gasteiger partial charge in [-0.05, 0) is 37.7 Å². The SMILES string of the molecule is CNCc1cc(C)ccc1Sc1ccc(F)cc1F. The van der Waals surface area contributed by atoms with Crippen molar-refractivity contribution in [3.63, 3.8) is 0 Å². The van der Waals surface area contributed by atoms with Crippen LogP contribution in [-0.2, 0) is 6.54 Å². The Morgan fingerprint density at radius 2 is 1.79 bits per heavy atom. The van der Waals surface area contributed by atoms with Gasteiger partial charge in [-0.15, -0.1) is 0 Å². The number of aryl methyl sites for hydroxylation is 1. The van der Waals surface area contributed by atoms with Gasteiger partial charge in [0.2, 0.25) is 0 Å². The summed E-state index contributed by atoms with van der Waals surface area (Å²) in [5.74, 6) is -1.08. The highest BCUT2D eigenvalue weighted by Gasteiger charge is 2.09. The zero-order valence-electron chi connectivity index (χ0n) is 10.8. The number of rotatable bonds is 4. The summed E-state index contributed by atoms with van der Waals surface area (Å²) < 4.78 is 26.5. The van der Waals surface area contributed by atoms with Crippen molar-refractivity contribution in [2.24, 2.45) is 0 Å². The van der Waals surface area contributed by atoms with Crippen molar-refractivity contribution >= 4 is 11.8 Å². The molecule has 2 aromatic carbocycles. The fourth-order valence-corrected chi connectivity index (χ4v) is 2.74. The molecule has 19 heavy (non-hydrogen) atoms. The molecule has 0 heterocycles. The second kappa shape index (κ2) is 6.17. The van der Waals surface area contributed by atoms with Gasteiger partial charge in [0.05, 0.1) is 0 Å². The van der Waals surface area contributed by atoms with Crippen LogP contribution in [0.25, 0.3) is 0 Å². The first-order chi connectivity index (χ1) is 9.10. The van der Waals surface area contributed by atoms with Gasteiger partial charge in [-0.3, -0.25) is 0 Å². The number of nitrogens with one attached hydrogen (secondary N) is 1. The highest BCUT2D eigenvalue weighted by molar-refractivity contribution is 7.99. The summed E-state index contributed by atoms with van der Waals surface area (Å²) >= 11 is 1.32. The van der Waals surface area contributed by atoms with Gasteiger partial charge < -0.3 is 5.32 Å². The molecule has 0 amide bonds. The molecule has 0 aliphatic carbocycles. The molecule has 0 atom stereocenters. The first kappa shape index (κ1) is 14.0. The molecule has 0 radical (unpaired) electrons. The van der Waals surface area contributed by atoms with E-state index in [2.05, 4.69) is 11.4 Å². The largest absolute Gasteiger partial charge is 0.316 e. The van der Waals surface area contributed by atoms with E-state index in [9.17, 15) is 8.78 Å². The fraction of sp³-hybridized carbons (Fsp3) is 0.200. The van der Waals surface area contributed by atoms with E-state index >= 15 is 0 Å². The third kappa shape index (κ3) is 3.55. The van der Waals surface area contributed by atoms with Crippen molar-refractivity contribution in [3.8, 4) is 0 Å². The molecular formula is C15H15F2NS. The van der Waals surface area contributed by atoms with Gasteiger partial charge in [0, 0.05) is 22.4 Å². The number of halogens is 2. The van der Waals surface area contributed by atoms with Crippen molar-refractivity contribution in [1.29, 1.82) is 0 Å². The zero-order chi connectivity index (χ0) is 13.8. The van der Waals surface area contributed by atoms with Crippen LogP contribution in [0.5, 0.6) is 0 Å². The van der Waals surface area contributed by atoms with Crippen LogP contribution in [0, 0.1) is 18.6 Å². The summed E-state index contributed by atoms with van der Waals surface area (Å²) in [5, 5.41) is 3.09. The summed E-state index contributed by atoms with van der Waals surface area (Å²) in [7, 11) is 1.87. The van der Waals surface area contributed by atoms with Crippen molar-refractivity contribution in [2.75, 3.05) is 7.05 Å². The first-order valence-electron chi connectivity index (χ1n) is 5.97. The Morgan fingerprint density at radius 3 is 2.47 bits per heavy atom. The number of hydrogen-bond donors (Lipinski definition) is 1. The van der Waals surface area contributed by atoms with Crippen LogP contribution in [0.2, 0.25) is 0 Å². The Kier molecular flexibility index (Phi) is 4.56. The molecule has 0 saturated carbocycles. The Labute approximate surface area is 116 Å². The third-order valence-corrected chi connectivity index (χ3v) is 3.87. The predicted molar refractivity (Wildman–Crippen MR) is 74.4 cm³/mol. The minimum absolute atomic E-state index is 0.433. The molecule has 2 aromatic rings. The molecule has 0 spiro atoms. The maximum absolute atomic E-state index is 13.7. The molecule has 0 aromatic heterocycles. The van der Waals surface area contributed by atoms with Crippen LogP contribution in [0.15, 0.2) is 46.2 Å². The summed E-state index contributed by atoms with van der Waals surface area (Å²) in [6.07, 6.45) is 0. The highest BCUT2D eigenvalue weighted by atomic mass is 32.2.